The van der Waals surface area contributed by atoms with Crippen molar-refractivity contribution in [1.82, 2.24) is 0 Å². The van der Waals surface area contributed by atoms with Crippen LogP contribution in [0.2, 0.25) is 5.02 Å². The summed E-state index contributed by atoms with van der Waals surface area (Å²) in [6.45, 7) is 0. The molecule has 0 radical (unpaired) electrons. The van der Waals surface area contributed by atoms with Crippen LogP contribution in [0.15, 0.2) is 41.0 Å². The molecule has 82 valence electrons. The van der Waals surface area contributed by atoms with Crippen molar-refractivity contribution in [3.05, 3.63) is 52.9 Å². The van der Waals surface area contributed by atoms with Gasteiger partial charge in [-0.3, -0.25) is 4.79 Å². The summed E-state index contributed by atoms with van der Waals surface area (Å²) in [7, 11) is 1.50. The number of rotatable bonds is 3. The lowest BCUT2D eigenvalue weighted by molar-refractivity contribution is 0.101. The summed E-state index contributed by atoms with van der Waals surface area (Å²) >= 11 is 5.84. The normalized spacial score (nSPS) is 10.1. The molecule has 0 fully saturated rings. The van der Waals surface area contributed by atoms with Crippen LogP contribution in [-0.4, -0.2) is 12.9 Å². The number of hydrogen-bond acceptors (Lipinski definition) is 3. The van der Waals surface area contributed by atoms with Crippen LogP contribution in [-0.2, 0) is 0 Å². The fourth-order valence-electron chi connectivity index (χ4n) is 1.40. The van der Waals surface area contributed by atoms with Gasteiger partial charge in [-0.05, 0) is 30.3 Å². The summed E-state index contributed by atoms with van der Waals surface area (Å²) in [6, 6.07) is 8.13. The predicted molar refractivity (Wildman–Crippen MR) is 60.1 cm³/mol. The number of ether oxygens (including phenoxy) is 1. The second kappa shape index (κ2) is 4.41. The third-order valence-corrected chi connectivity index (χ3v) is 2.39. The van der Waals surface area contributed by atoms with E-state index in [1.165, 1.54) is 13.4 Å². The molecule has 1 heterocycles. The molecule has 0 atom stereocenters. The van der Waals surface area contributed by atoms with Crippen molar-refractivity contribution in [2.24, 2.45) is 0 Å². The molecule has 0 N–H and O–H groups in total. The Morgan fingerprint density at radius 1 is 1.38 bits per heavy atom. The predicted octanol–water partition coefficient (Wildman–Crippen LogP) is 3.17. The van der Waals surface area contributed by atoms with E-state index in [0.717, 1.165) is 0 Å². The number of carbonyl (C=O) groups is 1. The standard InChI is InChI=1S/C12H9ClO3/c1-15-10-5-4-8(13)7-9(10)12(14)11-3-2-6-16-11/h2-7H,1H3. The van der Waals surface area contributed by atoms with Crippen LogP contribution in [0.4, 0.5) is 0 Å². The maximum Gasteiger partial charge on any atom is 0.231 e. The minimum Gasteiger partial charge on any atom is -0.496 e. The van der Waals surface area contributed by atoms with Crippen LogP contribution in [0, 0.1) is 0 Å². The maximum absolute atomic E-state index is 12.0. The van der Waals surface area contributed by atoms with Gasteiger partial charge in [-0.25, -0.2) is 0 Å². The molecule has 0 amide bonds. The van der Waals surface area contributed by atoms with Gasteiger partial charge < -0.3 is 9.15 Å². The van der Waals surface area contributed by atoms with E-state index in [0.29, 0.717) is 16.3 Å². The van der Waals surface area contributed by atoms with Gasteiger partial charge in [0.2, 0.25) is 5.78 Å². The molecule has 0 spiro atoms. The fourth-order valence-corrected chi connectivity index (χ4v) is 1.57. The van der Waals surface area contributed by atoms with Gasteiger partial charge in [0.05, 0.1) is 18.9 Å². The van der Waals surface area contributed by atoms with Crippen molar-refractivity contribution >= 4 is 17.4 Å². The highest BCUT2D eigenvalue weighted by Crippen LogP contribution is 2.25. The number of methoxy groups -OCH3 is 1. The summed E-state index contributed by atoms with van der Waals surface area (Å²) in [5, 5.41) is 0.482. The lowest BCUT2D eigenvalue weighted by Gasteiger charge is -2.06. The number of halogens is 1. The van der Waals surface area contributed by atoms with Crippen molar-refractivity contribution in [2.75, 3.05) is 7.11 Å². The van der Waals surface area contributed by atoms with Gasteiger partial charge in [0.25, 0.3) is 0 Å². The van der Waals surface area contributed by atoms with Gasteiger partial charge >= 0.3 is 0 Å². The lowest BCUT2D eigenvalue weighted by Crippen LogP contribution is -2.02. The highest BCUT2D eigenvalue weighted by molar-refractivity contribution is 6.31. The summed E-state index contributed by atoms with van der Waals surface area (Å²) in [5.41, 5.74) is 0.393. The van der Waals surface area contributed by atoms with E-state index in [1.54, 1.807) is 30.3 Å². The monoisotopic (exact) mass is 236 g/mol. The molecule has 0 bridgehead atoms. The molecule has 0 unspecified atom stereocenters. The summed E-state index contributed by atoms with van der Waals surface area (Å²) in [4.78, 5) is 12.0. The van der Waals surface area contributed by atoms with Gasteiger partial charge in [-0.2, -0.15) is 0 Å². The van der Waals surface area contributed by atoms with Gasteiger partial charge in [0.1, 0.15) is 5.75 Å². The molecular formula is C12H9ClO3. The number of hydrogen-bond donors (Lipinski definition) is 0. The SMILES string of the molecule is COc1ccc(Cl)cc1C(=O)c1ccco1. The van der Waals surface area contributed by atoms with Crippen LogP contribution in [0.3, 0.4) is 0 Å². The van der Waals surface area contributed by atoms with Crippen LogP contribution < -0.4 is 4.74 Å². The Kier molecular flexibility index (Phi) is 2.97. The molecule has 0 aliphatic carbocycles. The highest BCUT2D eigenvalue weighted by atomic mass is 35.5. The Labute approximate surface area is 97.6 Å². The second-order valence-corrected chi connectivity index (χ2v) is 3.59. The zero-order valence-electron chi connectivity index (χ0n) is 8.57. The molecule has 0 saturated heterocycles. The first kappa shape index (κ1) is 10.8. The third-order valence-electron chi connectivity index (χ3n) is 2.15. The van der Waals surface area contributed by atoms with Crippen molar-refractivity contribution in [3.8, 4) is 5.75 Å². The molecule has 2 rings (SSSR count). The van der Waals surface area contributed by atoms with E-state index < -0.39 is 0 Å². The minimum atomic E-state index is -0.246. The van der Waals surface area contributed by atoms with E-state index in [-0.39, 0.29) is 11.5 Å². The minimum absolute atomic E-state index is 0.246. The van der Waals surface area contributed by atoms with Gasteiger partial charge in [-0.15, -0.1) is 0 Å². The molecule has 1 aromatic heterocycles. The molecule has 4 heteroatoms. The van der Waals surface area contributed by atoms with Crippen LogP contribution in [0.25, 0.3) is 0 Å². The van der Waals surface area contributed by atoms with Gasteiger partial charge in [0, 0.05) is 5.02 Å². The summed E-state index contributed by atoms with van der Waals surface area (Å²) < 4.78 is 10.1. The topological polar surface area (TPSA) is 39.4 Å². The first-order chi connectivity index (χ1) is 7.72. The Hall–Kier alpha value is -1.74. The van der Waals surface area contributed by atoms with E-state index in [9.17, 15) is 4.79 Å². The molecule has 0 aliphatic heterocycles. The van der Waals surface area contributed by atoms with Gasteiger partial charge in [0.15, 0.2) is 5.76 Å². The Bertz CT molecular complexity index is 503. The molecule has 0 aliphatic rings. The smallest absolute Gasteiger partial charge is 0.231 e. The molecule has 1 aromatic carbocycles. The van der Waals surface area contributed by atoms with E-state index in [1.807, 2.05) is 0 Å². The van der Waals surface area contributed by atoms with Crippen molar-refractivity contribution in [3.63, 3.8) is 0 Å². The number of carbonyl (C=O) groups excluding carboxylic acids is 1. The Morgan fingerprint density at radius 2 is 2.19 bits per heavy atom. The fraction of sp³-hybridized carbons (Fsp3) is 0.0833. The average molecular weight is 237 g/mol. The zero-order chi connectivity index (χ0) is 11.5. The first-order valence-corrected chi connectivity index (χ1v) is 5.02. The van der Waals surface area contributed by atoms with Gasteiger partial charge in [-0.1, -0.05) is 11.6 Å². The van der Waals surface area contributed by atoms with Crippen LogP contribution >= 0.6 is 11.6 Å². The Morgan fingerprint density at radius 3 is 2.81 bits per heavy atom. The molecule has 16 heavy (non-hydrogen) atoms. The zero-order valence-corrected chi connectivity index (χ0v) is 9.32. The van der Waals surface area contributed by atoms with Crippen molar-refractivity contribution in [1.29, 1.82) is 0 Å². The van der Waals surface area contributed by atoms with E-state index in [2.05, 4.69) is 0 Å². The average Bonchev–Trinajstić information content (AvgIpc) is 2.81. The van der Waals surface area contributed by atoms with E-state index >= 15 is 0 Å². The largest absolute Gasteiger partial charge is 0.496 e. The number of furan rings is 1. The van der Waals surface area contributed by atoms with Crippen LogP contribution in [0.1, 0.15) is 16.1 Å². The summed E-state index contributed by atoms with van der Waals surface area (Å²) in [6.07, 6.45) is 1.45. The highest BCUT2D eigenvalue weighted by Gasteiger charge is 2.16. The molecule has 0 saturated carbocycles. The van der Waals surface area contributed by atoms with Crippen molar-refractivity contribution < 1.29 is 13.9 Å². The Balaban J connectivity index is 2.47. The molecule has 3 nitrogen and oxygen atoms in total. The molecular weight excluding hydrogens is 228 g/mol. The lowest BCUT2D eigenvalue weighted by atomic mass is 10.1. The maximum atomic E-state index is 12.0. The summed E-state index contributed by atoms with van der Waals surface area (Å²) in [5.74, 6) is 0.496. The quantitative estimate of drug-likeness (QED) is 0.769. The van der Waals surface area contributed by atoms with Crippen molar-refractivity contribution in [2.45, 2.75) is 0 Å². The van der Waals surface area contributed by atoms with Crippen LogP contribution in [0.5, 0.6) is 5.75 Å². The number of benzene rings is 1. The number of ketones is 1. The van der Waals surface area contributed by atoms with E-state index in [4.69, 9.17) is 20.8 Å². The second-order valence-electron chi connectivity index (χ2n) is 3.15. The molecule has 2 aromatic rings. The first-order valence-electron chi connectivity index (χ1n) is 4.64. The third kappa shape index (κ3) is 1.95.